The van der Waals surface area contributed by atoms with E-state index in [9.17, 15) is 4.79 Å². The van der Waals surface area contributed by atoms with E-state index in [1.165, 1.54) is 79.1 Å². The second kappa shape index (κ2) is 8.51. The van der Waals surface area contributed by atoms with E-state index in [0.29, 0.717) is 18.5 Å². The molecule has 3 aromatic rings. The number of nitrogens with one attached hydrogen (secondary N) is 2. The fourth-order valence-electron chi connectivity index (χ4n) is 5.93. The van der Waals surface area contributed by atoms with Crippen molar-refractivity contribution in [2.45, 2.75) is 95.7 Å². The number of nitrogens with zero attached hydrogens (tertiary/aromatic N) is 2. The standard InChI is InChI=1S/C27H34N4O/c32-27-23-11-4-3-10-22(23)24-25(20-6-5-7-20)30-31(26(24)29-27)17-19-14-12-18(13-15-19)16-28-21-8-1-2-9-21/h12-15,20-21,28H,1-11,16-17H2,(H,29,32). The van der Waals surface area contributed by atoms with Crippen molar-refractivity contribution in [3.63, 3.8) is 0 Å². The van der Waals surface area contributed by atoms with Crippen LogP contribution >= 0.6 is 0 Å². The molecule has 168 valence electrons. The maximum atomic E-state index is 12.9. The summed E-state index contributed by atoms with van der Waals surface area (Å²) >= 11 is 0. The molecule has 0 amide bonds. The summed E-state index contributed by atoms with van der Waals surface area (Å²) in [6.07, 6.45) is 13.3. The summed E-state index contributed by atoms with van der Waals surface area (Å²) in [5, 5.41) is 10.1. The number of benzene rings is 1. The molecule has 0 unspecified atom stereocenters. The number of rotatable bonds is 6. The van der Waals surface area contributed by atoms with Gasteiger partial charge in [-0.05, 0) is 68.1 Å². The fourth-order valence-corrected chi connectivity index (χ4v) is 5.93. The van der Waals surface area contributed by atoms with Gasteiger partial charge in [0.25, 0.3) is 5.56 Å². The Labute approximate surface area is 189 Å². The van der Waals surface area contributed by atoms with Gasteiger partial charge >= 0.3 is 0 Å². The van der Waals surface area contributed by atoms with Crippen LogP contribution in [0.4, 0.5) is 0 Å². The molecule has 1 aromatic carbocycles. The molecule has 2 fully saturated rings. The van der Waals surface area contributed by atoms with Crippen molar-refractivity contribution in [3.05, 3.63) is 62.6 Å². The molecule has 0 bridgehead atoms. The van der Waals surface area contributed by atoms with E-state index < -0.39 is 0 Å². The Hall–Kier alpha value is -2.40. The Kier molecular flexibility index (Phi) is 5.38. The summed E-state index contributed by atoms with van der Waals surface area (Å²) in [5.74, 6) is 0.555. The Balaban J connectivity index is 1.29. The summed E-state index contributed by atoms with van der Waals surface area (Å²) in [6, 6.07) is 9.61. The molecule has 2 aromatic heterocycles. The van der Waals surface area contributed by atoms with Crippen molar-refractivity contribution < 1.29 is 0 Å². The molecule has 5 nitrogen and oxygen atoms in total. The quantitative estimate of drug-likeness (QED) is 0.582. The van der Waals surface area contributed by atoms with Crippen LogP contribution in [0.15, 0.2) is 29.1 Å². The lowest BCUT2D eigenvalue weighted by Crippen LogP contribution is -2.25. The van der Waals surface area contributed by atoms with Crippen LogP contribution in [0.1, 0.15) is 91.7 Å². The number of aryl methyl sites for hydroxylation is 1. The normalized spacial score (nSPS) is 19.4. The van der Waals surface area contributed by atoms with Crippen LogP contribution < -0.4 is 10.9 Å². The summed E-state index contributed by atoms with van der Waals surface area (Å²) < 4.78 is 2.06. The van der Waals surface area contributed by atoms with Crippen LogP contribution in [0.5, 0.6) is 0 Å². The first-order valence-electron chi connectivity index (χ1n) is 12.7. The van der Waals surface area contributed by atoms with Crippen LogP contribution in [0.3, 0.4) is 0 Å². The van der Waals surface area contributed by atoms with Crippen LogP contribution in [-0.4, -0.2) is 20.8 Å². The van der Waals surface area contributed by atoms with Gasteiger partial charge in [-0.1, -0.05) is 43.5 Å². The minimum atomic E-state index is 0.0989. The highest BCUT2D eigenvalue weighted by atomic mass is 16.1. The van der Waals surface area contributed by atoms with E-state index in [0.717, 1.165) is 37.0 Å². The summed E-state index contributed by atoms with van der Waals surface area (Å²) in [4.78, 5) is 16.1. The first-order chi connectivity index (χ1) is 15.8. The zero-order valence-electron chi connectivity index (χ0n) is 19.0. The highest BCUT2D eigenvalue weighted by molar-refractivity contribution is 5.84. The average Bonchev–Trinajstić information content (AvgIpc) is 3.41. The Morgan fingerprint density at radius 1 is 0.906 bits per heavy atom. The zero-order chi connectivity index (χ0) is 21.5. The van der Waals surface area contributed by atoms with Crippen molar-refractivity contribution in [3.8, 4) is 0 Å². The molecule has 6 rings (SSSR count). The second-order valence-electron chi connectivity index (χ2n) is 10.2. The summed E-state index contributed by atoms with van der Waals surface area (Å²) in [5.41, 5.74) is 7.14. The smallest absolute Gasteiger partial charge is 0.253 e. The number of aromatic nitrogens is 3. The van der Waals surface area contributed by atoms with E-state index in [1.54, 1.807) is 0 Å². The molecule has 0 saturated heterocycles. The van der Waals surface area contributed by atoms with Crippen LogP contribution in [0.25, 0.3) is 11.0 Å². The van der Waals surface area contributed by atoms with Gasteiger partial charge in [0.05, 0.1) is 12.2 Å². The predicted molar refractivity (Wildman–Crippen MR) is 128 cm³/mol. The average molecular weight is 431 g/mol. The number of pyridine rings is 1. The summed E-state index contributed by atoms with van der Waals surface area (Å²) in [7, 11) is 0. The molecule has 3 aliphatic carbocycles. The first kappa shape index (κ1) is 20.2. The van der Waals surface area contributed by atoms with Crippen LogP contribution in [0, 0.1) is 0 Å². The highest BCUT2D eigenvalue weighted by Gasteiger charge is 2.29. The Morgan fingerprint density at radius 2 is 1.62 bits per heavy atom. The van der Waals surface area contributed by atoms with Gasteiger partial charge in [0.1, 0.15) is 5.65 Å². The van der Waals surface area contributed by atoms with Gasteiger partial charge in [-0.2, -0.15) is 5.10 Å². The predicted octanol–water partition coefficient (Wildman–Crippen LogP) is 4.95. The van der Waals surface area contributed by atoms with E-state index in [1.807, 2.05) is 0 Å². The number of H-pyrrole nitrogens is 1. The molecule has 32 heavy (non-hydrogen) atoms. The second-order valence-corrected chi connectivity index (χ2v) is 10.2. The minimum absolute atomic E-state index is 0.0989. The van der Waals surface area contributed by atoms with Gasteiger partial charge in [0.2, 0.25) is 0 Å². The van der Waals surface area contributed by atoms with Crippen molar-refractivity contribution in [1.29, 1.82) is 0 Å². The van der Waals surface area contributed by atoms with Crippen molar-refractivity contribution >= 4 is 11.0 Å². The van der Waals surface area contributed by atoms with Crippen LogP contribution in [0.2, 0.25) is 0 Å². The van der Waals surface area contributed by atoms with Gasteiger partial charge < -0.3 is 10.3 Å². The molecule has 0 spiro atoms. The molecule has 0 aliphatic heterocycles. The van der Waals surface area contributed by atoms with E-state index in [2.05, 4.69) is 39.2 Å². The van der Waals surface area contributed by atoms with E-state index in [-0.39, 0.29) is 5.56 Å². The number of aromatic amines is 1. The molecular weight excluding hydrogens is 396 g/mol. The van der Waals surface area contributed by atoms with Crippen LogP contribution in [-0.2, 0) is 25.9 Å². The lowest BCUT2D eigenvalue weighted by Gasteiger charge is -2.25. The SMILES string of the molecule is O=c1[nH]c2c(c(C3CCC3)nn2Cc2ccc(CNC3CCCC3)cc2)c2c1CCCC2. The lowest BCUT2D eigenvalue weighted by atomic mass is 9.80. The molecule has 2 N–H and O–H groups in total. The number of fused-ring (bicyclic) bond motifs is 3. The third kappa shape index (κ3) is 3.71. The zero-order valence-corrected chi connectivity index (χ0v) is 19.0. The molecule has 2 saturated carbocycles. The Bertz CT molecular complexity index is 1160. The van der Waals surface area contributed by atoms with Gasteiger partial charge in [-0.3, -0.25) is 4.79 Å². The molecule has 3 aliphatic rings. The molecule has 2 heterocycles. The van der Waals surface area contributed by atoms with Gasteiger partial charge in [0.15, 0.2) is 0 Å². The molecule has 0 radical (unpaired) electrons. The van der Waals surface area contributed by atoms with E-state index >= 15 is 0 Å². The number of hydrogen-bond acceptors (Lipinski definition) is 3. The fraction of sp³-hybridized carbons (Fsp3) is 0.556. The highest BCUT2D eigenvalue weighted by Crippen LogP contribution is 2.41. The molecular formula is C27H34N4O. The monoisotopic (exact) mass is 430 g/mol. The minimum Gasteiger partial charge on any atom is -0.310 e. The lowest BCUT2D eigenvalue weighted by molar-refractivity contribution is 0.408. The van der Waals surface area contributed by atoms with Gasteiger partial charge in [0, 0.05) is 29.5 Å². The molecule has 5 heteroatoms. The Morgan fingerprint density at radius 3 is 2.34 bits per heavy atom. The van der Waals surface area contributed by atoms with Crippen molar-refractivity contribution in [1.82, 2.24) is 20.1 Å². The first-order valence-corrected chi connectivity index (χ1v) is 12.7. The topological polar surface area (TPSA) is 62.7 Å². The maximum absolute atomic E-state index is 12.9. The molecule has 0 atom stereocenters. The number of hydrogen-bond donors (Lipinski definition) is 2. The third-order valence-electron chi connectivity index (χ3n) is 8.05. The van der Waals surface area contributed by atoms with Gasteiger partial charge in [-0.15, -0.1) is 0 Å². The largest absolute Gasteiger partial charge is 0.310 e. The van der Waals surface area contributed by atoms with Crippen molar-refractivity contribution in [2.75, 3.05) is 0 Å². The maximum Gasteiger partial charge on any atom is 0.253 e. The third-order valence-corrected chi connectivity index (χ3v) is 8.05. The van der Waals surface area contributed by atoms with E-state index in [4.69, 9.17) is 5.10 Å². The summed E-state index contributed by atoms with van der Waals surface area (Å²) in [6.45, 7) is 1.65. The van der Waals surface area contributed by atoms with Crippen molar-refractivity contribution in [2.24, 2.45) is 0 Å². The van der Waals surface area contributed by atoms with Gasteiger partial charge in [-0.25, -0.2) is 4.68 Å².